The van der Waals surface area contributed by atoms with E-state index in [1.165, 1.54) is 5.56 Å². The summed E-state index contributed by atoms with van der Waals surface area (Å²) < 4.78 is 5.67. The third kappa shape index (κ3) is 3.40. The van der Waals surface area contributed by atoms with Crippen molar-refractivity contribution in [3.05, 3.63) is 65.2 Å². The fourth-order valence-corrected chi connectivity index (χ4v) is 1.64. The van der Waals surface area contributed by atoms with E-state index < -0.39 is 0 Å². The molecule has 1 heteroatoms. The molecule has 18 heavy (non-hydrogen) atoms. The van der Waals surface area contributed by atoms with E-state index in [1.807, 2.05) is 43.3 Å². The maximum Gasteiger partial charge on any atom is 0.149 e. The summed E-state index contributed by atoms with van der Waals surface area (Å²) in [6, 6.07) is 16.1. The average Bonchev–Trinajstić information content (AvgIpc) is 2.40. The van der Waals surface area contributed by atoms with Gasteiger partial charge >= 0.3 is 0 Å². The number of ether oxygens (including phenoxy) is 1. The lowest BCUT2D eigenvalue weighted by Crippen LogP contribution is -1.96. The number of aryl methyl sites for hydroxylation is 2. The Morgan fingerprint density at radius 3 is 2.56 bits per heavy atom. The summed E-state index contributed by atoms with van der Waals surface area (Å²) in [5.74, 6) is 7.01. The third-order valence-corrected chi connectivity index (χ3v) is 2.65. The van der Waals surface area contributed by atoms with Gasteiger partial charge in [0.05, 0.1) is 0 Å². The Morgan fingerprint density at radius 2 is 1.78 bits per heavy atom. The maximum absolute atomic E-state index is 5.67. The molecule has 0 atom stereocenters. The van der Waals surface area contributed by atoms with Crippen molar-refractivity contribution in [2.75, 3.05) is 6.61 Å². The quantitative estimate of drug-likeness (QED) is 0.722. The number of rotatable bonds is 2. The van der Waals surface area contributed by atoms with Gasteiger partial charge in [-0.1, -0.05) is 42.2 Å². The molecule has 0 amide bonds. The molecule has 0 saturated carbocycles. The third-order valence-electron chi connectivity index (χ3n) is 2.65. The van der Waals surface area contributed by atoms with Crippen LogP contribution in [0.4, 0.5) is 0 Å². The average molecular weight is 236 g/mol. The van der Waals surface area contributed by atoms with Crippen molar-refractivity contribution in [3.63, 3.8) is 0 Å². The van der Waals surface area contributed by atoms with Gasteiger partial charge in [0, 0.05) is 5.56 Å². The van der Waals surface area contributed by atoms with Crippen LogP contribution in [0, 0.1) is 25.7 Å². The molecule has 0 N–H and O–H groups in total. The van der Waals surface area contributed by atoms with Crippen LogP contribution in [0.5, 0.6) is 5.75 Å². The lowest BCUT2D eigenvalue weighted by molar-refractivity contribution is 0.367. The van der Waals surface area contributed by atoms with E-state index >= 15 is 0 Å². The largest absolute Gasteiger partial charge is 0.481 e. The second-order valence-electron chi connectivity index (χ2n) is 4.23. The van der Waals surface area contributed by atoms with Gasteiger partial charge in [0.2, 0.25) is 0 Å². The second-order valence-corrected chi connectivity index (χ2v) is 4.23. The SMILES string of the molecule is Cc1ccc(C)c(OCC#Cc2ccccc2)c1. The normalized spacial score (nSPS) is 9.44. The molecule has 1 nitrogen and oxygen atoms in total. The first-order valence-corrected chi connectivity index (χ1v) is 6.00. The Labute approximate surface area is 108 Å². The lowest BCUT2D eigenvalue weighted by atomic mass is 10.1. The van der Waals surface area contributed by atoms with Crippen LogP contribution in [0.3, 0.4) is 0 Å². The van der Waals surface area contributed by atoms with Crippen LogP contribution >= 0.6 is 0 Å². The van der Waals surface area contributed by atoms with Gasteiger partial charge < -0.3 is 4.74 Å². The zero-order valence-electron chi connectivity index (χ0n) is 10.7. The fraction of sp³-hybridized carbons (Fsp3) is 0.176. The predicted molar refractivity (Wildman–Crippen MR) is 74.7 cm³/mol. The highest BCUT2D eigenvalue weighted by Crippen LogP contribution is 2.18. The summed E-state index contributed by atoms with van der Waals surface area (Å²) in [6.45, 7) is 4.51. The minimum absolute atomic E-state index is 0.416. The number of hydrogen-bond acceptors (Lipinski definition) is 1. The molecule has 0 aromatic heterocycles. The molecule has 0 unspecified atom stereocenters. The molecule has 0 heterocycles. The van der Waals surface area contributed by atoms with Crippen LogP contribution in [-0.4, -0.2) is 6.61 Å². The maximum atomic E-state index is 5.67. The van der Waals surface area contributed by atoms with Crippen molar-refractivity contribution >= 4 is 0 Å². The highest BCUT2D eigenvalue weighted by atomic mass is 16.5. The van der Waals surface area contributed by atoms with Gasteiger partial charge in [-0.15, -0.1) is 0 Å². The molecule has 90 valence electrons. The minimum Gasteiger partial charge on any atom is -0.481 e. The van der Waals surface area contributed by atoms with Crippen LogP contribution in [0.25, 0.3) is 0 Å². The van der Waals surface area contributed by atoms with Gasteiger partial charge in [0.15, 0.2) is 0 Å². The molecule has 0 aliphatic carbocycles. The molecule has 0 radical (unpaired) electrons. The van der Waals surface area contributed by atoms with Crippen molar-refractivity contribution in [1.82, 2.24) is 0 Å². The first-order chi connectivity index (χ1) is 8.75. The van der Waals surface area contributed by atoms with Crippen molar-refractivity contribution in [2.45, 2.75) is 13.8 Å². The minimum atomic E-state index is 0.416. The highest BCUT2D eigenvalue weighted by Gasteiger charge is 1.97. The van der Waals surface area contributed by atoms with Gasteiger partial charge in [-0.3, -0.25) is 0 Å². The van der Waals surface area contributed by atoms with E-state index in [2.05, 4.69) is 30.9 Å². The predicted octanol–water partition coefficient (Wildman–Crippen LogP) is 3.73. The zero-order valence-corrected chi connectivity index (χ0v) is 10.7. The van der Waals surface area contributed by atoms with Gasteiger partial charge in [-0.25, -0.2) is 0 Å². The van der Waals surface area contributed by atoms with Gasteiger partial charge in [0.25, 0.3) is 0 Å². The Hall–Kier alpha value is -2.20. The summed E-state index contributed by atoms with van der Waals surface area (Å²) in [5.41, 5.74) is 3.36. The highest BCUT2D eigenvalue weighted by molar-refractivity contribution is 5.37. The van der Waals surface area contributed by atoms with Crippen LogP contribution < -0.4 is 4.74 Å². The molecule has 0 aliphatic rings. The topological polar surface area (TPSA) is 9.23 Å². The molecule has 0 saturated heterocycles. The van der Waals surface area contributed by atoms with Crippen molar-refractivity contribution in [3.8, 4) is 17.6 Å². The van der Waals surface area contributed by atoms with E-state index in [4.69, 9.17) is 4.74 Å². The number of hydrogen-bond donors (Lipinski definition) is 0. The second kappa shape index (κ2) is 5.93. The van der Waals surface area contributed by atoms with Crippen LogP contribution in [-0.2, 0) is 0 Å². The molecule has 0 aliphatic heterocycles. The van der Waals surface area contributed by atoms with Gasteiger partial charge in [-0.2, -0.15) is 0 Å². The Balaban J connectivity index is 1.97. The van der Waals surface area contributed by atoms with Gasteiger partial charge in [0.1, 0.15) is 12.4 Å². The fourth-order valence-electron chi connectivity index (χ4n) is 1.64. The van der Waals surface area contributed by atoms with Crippen molar-refractivity contribution < 1.29 is 4.74 Å². The summed E-state index contributed by atoms with van der Waals surface area (Å²) in [6.07, 6.45) is 0. The van der Waals surface area contributed by atoms with Crippen LogP contribution in [0.1, 0.15) is 16.7 Å². The lowest BCUT2D eigenvalue weighted by Gasteiger charge is -2.06. The summed E-state index contributed by atoms with van der Waals surface area (Å²) in [5, 5.41) is 0. The van der Waals surface area contributed by atoms with Crippen LogP contribution in [0.2, 0.25) is 0 Å². The standard InChI is InChI=1S/C17H16O/c1-14-10-11-15(2)17(13-14)18-12-6-9-16-7-4-3-5-8-16/h3-5,7-8,10-11,13H,12H2,1-2H3. The van der Waals surface area contributed by atoms with Crippen LogP contribution in [0.15, 0.2) is 48.5 Å². The molecular formula is C17H16O. The monoisotopic (exact) mass is 236 g/mol. The molecule has 2 rings (SSSR count). The Kier molecular flexibility index (Phi) is 4.04. The molecule has 0 fully saturated rings. The Morgan fingerprint density at radius 1 is 1.00 bits per heavy atom. The molecule has 0 spiro atoms. The van der Waals surface area contributed by atoms with E-state index in [9.17, 15) is 0 Å². The molecule has 2 aromatic carbocycles. The Bertz CT molecular complexity index is 574. The van der Waals surface area contributed by atoms with Crippen molar-refractivity contribution in [1.29, 1.82) is 0 Å². The first-order valence-electron chi connectivity index (χ1n) is 6.00. The van der Waals surface area contributed by atoms with E-state index in [-0.39, 0.29) is 0 Å². The van der Waals surface area contributed by atoms with E-state index in [0.717, 1.165) is 16.9 Å². The van der Waals surface area contributed by atoms with E-state index in [0.29, 0.717) is 6.61 Å². The van der Waals surface area contributed by atoms with Crippen molar-refractivity contribution in [2.24, 2.45) is 0 Å². The molecule has 2 aromatic rings. The first kappa shape index (κ1) is 12.3. The number of benzene rings is 2. The smallest absolute Gasteiger partial charge is 0.149 e. The summed E-state index contributed by atoms with van der Waals surface area (Å²) >= 11 is 0. The van der Waals surface area contributed by atoms with E-state index in [1.54, 1.807) is 0 Å². The van der Waals surface area contributed by atoms with Gasteiger partial charge in [-0.05, 0) is 43.2 Å². The summed E-state index contributed by atoms with van der Waals surface area (Å²) in [7, 11) is 0. The zero-order chi connectivity index (χ0) is 12.8. The molecular weight excluding hydrogens is 220 g/mol. The molecule has 0 bridgehead atoms. The summed E-state index contributed by atoms with van der Waals surface area (Å²) in [4.78, 5) is 0.